The molecule has 0 saturated carbocycles. The van der Waals surface area contributed by atoms with E-state index in [0.29, 0.717) is 0 Å². The maximum atomic E-state index is 2.56. The fraction of sp³-hybridized carbons (Fsp3) is 0.0508. The van der Waals surface area contributed by atoms with Crippen molar-refractivity contribution in [2.45, 2.75) is 19.3 Å². The smallest absolute Gasteiger partial charge is 0.0541 e. The van der Waals surface area contributed by atoms with Gasteiger partial charge in [0.1, 0.15) is 0 Å². The molecule has 1 nitrogen and oxygen atoms in total. The average Bonchev–Trinajstić information content (AvgIpc) is 3.76. The molecule has 1 aliphatic carbocycles. The number of fused-ring (bicyclic) bond motifs is 15. The van der Waals surface area contributed by atoms with Gasteiger partial charge in [-0.25, -0.2) is 0 Å². The highest BCUT2D eigenvalue weighted by atomic mass is 15.0. The van der Waals surface area contributed by atoms with E-state index in [4.69, 9.17) is 0 Å². The van der Waals surface area contributed by atoms with Crippen molar-refractivity contribution in [2.75, 3.05) is 0 Å². The fourth-order valence-electron chi connectivity index (χ4n) is 11.4. The van der Waals surface area contributed by atoms with E-state index in [1.165, 1.54) is 126 Å². The molecule has 0 fully saturated rings. The highest BCUT2D eigenvalue weighted by molar-refractivity contribution is 6.26. The van der Waals surface area contributed by atoms with Crippen LogP contribution in [0, 0.1) is 0 Å². The van der Waals surface area contributed by atoms with Gasteiger partial charge in [0.05, 0.1) is 11.0 Å². The topological polar surface area (TPSA) is 4.93 Å². The van der Waals surface area contributed by atoms with Crippen molar-refractivity contribution in [2.24, 2.45) is 0 Å². The number of hydrogen-bond acceptors (Lipinski definition) is 0. The van der Waals surface area contributed by atoms with Gasteiger partial charge in [0.2, 0.25) is 0 Å². The summed E-state index contributed by atoms with van der Waals surface area (Å²) in [5, 5.41) is 15.5. The SMILES string of the molecule is CC1(C)c2c(cc(-c3c4ccccc4c(-c4ccc5c(c4)c4ccccc4n5-c4ccccc4)c4ccccc34)c3ccccc23)-c2c1c1ccccc1c1ccccc21. The molecule has 1 aliphatic rings. The fourth-order valence-corrected chi connectivity index (χ4v) is 11.4. The van der Waals surface area contributed by atoms with Crippen molar-refractivity contribution in [3.05, 3.63) is 211 Å². The van der Waals surface area contributed by atoms with Crippen LogP contribution < -0.4 is 0 Å². The zero-order valence-electron chi connectivity index (χ0n) is 33.5. The normalized spacial score (nSPS) is 13.3. The van der Waals surface area contributed by atoms with Gasteiger partial charge in [0.25, 0.3) is 0 Å². The molecule has 0 N–H and O–H groups in total. The molecule has 0 bridgehead atoms. The van der Waals surface area contributed by atoms with Crippen molar-refractivity contribution in [1.29, 1.82) is 0 Å². The van der Waals surface area contributed by atoms with E-state index in [1.807, 2.05) is 0 Å². The molecule has 0 unspecified atom stereocenters. The van der Waals surface area contributed by atoms with Crippen LogP contribution in [0.4, 0.5) is 0 Å². The van der Waals surface area contributed by atoms with Crippen LogP contribution in [0.15, 0.2) is 200 Å². The lowest BCUT2D eigenvalue weighted by Gasteiger charge is -2.26. The van der Waals surface area contributed by atoms with Crippen LogP contribution in [0.25, 0.3) is 115 Å². The lowest BCUT2D eigenvalue weighted by molar-refractivity contribution is 0.672. The van der Waals surface area contributed by atoms with Crippen LogP contribution in [-0.4, -0.2) is 4.57 Å². The molecule has 0 atom stereocenters. The molecule has 1 heteroatoms. The van der Waals surface area contributed by atoms with Gasteiger partial charge in [0, 0.05) is 21.9 Å². The molecular formula is C59H39N. The minimum absolute atomic E-state index is 0.206. The molecule has 11 aromatic carbocycles. The highest BCUT2D eigenvalue weighted by Gasteiger charge is 2.40. The number of rotatable bonds is 3. The summed E-state index contributed by atoms with van der Waals surface area (Å²) in [7, 11) is 0. The van der Waals surface area contributed by atoms with Crippen molar-refractivity contribution in [3.8, 4) is 39.1 Å². The molecule has 0 amide bonds. The average molecular weight is 762 g/mol. The number of nitrogens with zero attached hydrogens (tertiary/aromatic N) is 1. The van der Waals surface area contributed by atoms with Crippen molar-refractivity contribution in [3.63, 3.8) is 0 Å². The number of hydrogen-bond donors (Lipinski definition) is 0. The number of para-hydroxylation sites is 2. The Morgan fingerprint density at radius 1 is 0.300 bits per heavy atom. The van der Waals surface area contributed by atoms with Crippen LogP contribution in [0.3, 0.4) is 0 Å². The first-order chi connectivity index (χ1) is 29.6. The molecule has 12 aromatic rings. The van der Waals surface area contributed by atoms with Crippen molar-refractivity contribution in [1.82, 2.24) is 4.57 Å². The van der Waals surface area contributed by atoms with Crippen LogP contribution in [0.5, 0.6) is 0 Å². The summed E-state index contributed by atoms with van der Waals surface area (Å²) in [6.07, 6.45) is 0. The third-order valence-corrected chi connectivity index (χ3v) is 13.7. The summed E-state index contributed by atoms with van der Waals surface area (Å²) in [6, 6.07) is 74.7. The second kappa shape index (κ2) is 12.3. The Balaban J connectivity index is 1.13. The van der Waals surface area contributed by atoms with Crippen LogP contribution in [0.2, 0.25) is 0 Å². The Morgan fingerprint density at radius 2 is 0.750 bits per heavy atom. The molecule has 0 radical (unpaired) electrons. The zero-order valence-corrected chi connectivity index (χ0v) is 33.5. The first kappa shape index (κ1) is 33.5. The summed E-state index contributed by atoms with van der Waals surface area (Å²) in [4.78, 5) is 0. The molecule has 0 saturated heterocycles. The van der Waals surface area contributed by atoms with Gasteiger partial charge in [-0.15, -0.1) is 0 Å². The molecular weight excluding hydrogens is 723 g/mol. The van der Waals surface area contributed by atoms with E-state index in [-0.39, 0.29) is 5.41 Å². The predicted octanol–water partition coefficient (Wildman–Crippen LogP) is 16.2. The lowest BCUT2D eigenvalue weighted by Crippen LogP contribution is -2.16. The maximum Gasteiger partial charge on any atom is 0.0541 e. The maximum absolute atomic E-state index is 2.56. The molecule has 280 valence electrons. The Labute approximate surface area is 348 Å². The highest BCUT2D eigenvalue weighted by Crippen LogP contribution is 2.58. The standard InChI is InChI=1S/C59H39N/c1-59(2)57-47-29-14-8-22-40(47)50(35-51(57)56-42-24-9-6-20-38(42)39-21-7-15-30-48(39)58(56)59)55-45-27-12-10-25-43(45)54(44-26-11-13-28-46(44)55)36-32-33-53-49(34-36)41-23-16-17-31-52(41)60(53)37-18-4-3-5-19-37/h3-35H,1-2H3. The summed E-state index contributed by atoms with van der Waals surface area (Å²) in [6.45, 7) is 4.89. The quantitative estimate of drug-likeness (QED) is 0.125. The van der Waals surface area contributed by atoms with E-state index in [1.54, 1.807) is 0 Å². The van der Waals surface area contributed by atoms with Crippen molar-refractivity contribution < 1.29 is 0 Å². The van der Waals surface area contributed by atoms with E-state index in [0.717, 1.165) is 0 Å². The Morgan fingerprint density at radius 3 is 1.38 bits per heavy atom. The third-order valence-electron chi connectivity index (χ3n) is 13.7. The Hall–Kier alpha value is -7.48. The minimum atomic E-state index is -0.206. The molecule has 1 aromatic heterocycles. The molecule has 1 heterocycles. The predicted molar refractivity (Wildman–Crippen MR) is 257 cm³/mol. The minimum Gasteiger partial charge on any atom is -0.309 e. The third kappa shape index (κ3) is 4.41. The first-order valence-corrected chi connectivity index (χ1v) is 21.1. The number of aromatic nitrogens is 1. The van der Waals surface area contributed by atoms with Gasteiger partial charge >= 0.3 is 0 Å². The van der Waals surface area contributed by atoms with Crippen LogP contribution in [0.1, 0.15) is 25.0 Å². The Bertz CT molecular complexity index is 3730. The summed E-state index contributed by atoms with van der Waals surface area (Å²) < 4.78 is 2.40. The van der Waals surface area contributed by atoms with Crippen LogP contribution >= 0.6 is 0 Å². The second-order valence-corrected chi connectivity index (χ2v) is 17.1. The van der Waals surface area contributed by atoms with Crippen LogP contribution in [-0.2, 0) is 5.41 Å². The summed E-state index contributed by atoms with van der Waals surface area (Å²) in [5.74, 6) is 0. The molecule has 13 rings (SSSR count). The second-order valence-electron chi connectivity index (χ2n) is 17.1. The van der Waals surface area contributed by atoms with E-state index in [2.05, 4.69) is 219 Å². The Kier molecular flexibility index (Phi) is 6.85. The van der Waals surface area contributed by atoms with E-state index >= 15 is 0 Å². The summed E-state index contributed by atoms with van der Waals surface area (Å²) in [5.41, 5.74) is 14.1. The zero-order chi connectivity index (χ0) is 39.7. The monoisotopic (exact) mass is 761 g/mol. The largest absolute Gasteiger partial charge is 0.309 e. The molecule has 0 aliphatic heterocycles. The van der Waals surface area contributed by atoms with E-state index < -0.39 is 0 Å². The van der Waals surface area contributed by atoms with Gasteiger partial charge in [-0.1, -0.05) is 178 Å². The summed E-state index contributed by atoms with van der Waals surface area (Å²) >= 11 is 0. The van der Waals surface area contributed by atoms with Gasteiger partial charge in [0.15, 0.2) is 0 Å². The van der Waals surface area contributed by atoms with Gasteiger partial charge in [-0.05, 0) is 135 Å². The molecule has 0 spiro atoms. The van der Waals surface area contributed by atoms with Gasteiger partial charge in [-0.2, -0.15) is 0 Å². The molecule has 60 heavy (non-hydrogen) atoms. The lowest BCUT2D eigenvalue weighted by atomic mass is 9.77. The first-order valence-electron chi connectivity index (χ1n) is 21.1. The van der Waals surface area contributed by atoms with Gasteiger partial charge < -0.3 is 4.57 Å². The van der Waals surface area contributed by atoms with Crippen molar-refractivity contribution >= 4 is 75.7 Å². The van der Waals surface area contributed by atoms with E-state index in [9.17, 15) is 0 Å². The van der Waals surface area contributed by atoms with Gasteiger partial charge in [-0.3, -0.25) is 0 Å². The number of benzene rings is 11.